The second-order valence-electron chi connectivity index (χ2n) is 7.64. The maximum absolute atomic E-state index is 12.8. The highest BCUT2D eigenvalue weighted by Crippen LogP contribution is 2.38. The Morgan fingerprint density at radius 2 is 1.60 bits per heavy atom. The van der Waals surface area contributed by atoms with E-state index in [1.165, 1.54) is 12.1 Å². The van der Waals surface area contributed by atoms with Crippen molar-refractivity contribution in [3.63, 3.8) is 0 Å². The minimum Gasteiger partial charge on any atom is -0.493 e. The maximum atomic E-state index is 12.8. The number of halogens is 3. The Labute approximate surface area is 182 Å². The van der Waals surface area contributed by atoms with Gasteiger partial charge in [-0.25, -0.2) is 0 Å². The lowest BCUT2D eigenvalue weighted by molar-refractivity contribution is -0.137. The minimum absolute atomic E-state index is 0.0617. The van der Waals surface area contributed by atoms with Crippen molar-refractivity contribution in [1.29, 1.82) is 0 Å². The standard InChI is InChI=1S/C24H29F3O2S/c1-5-13-23(14-6-2,17-30-21-11-12-22(28-4)18(3)15-21)16-29-20-9-7-19(8-10-20)24(25,26)27/h4,7-12,15H,5-6,13-14,16-17H2,1-3H3. The lowest BCUT2D eigenvalue weighted by Gasteiger charge is -2.33. The Morgan fingerprint density at radius 3 is 2.10 bits per heavy atom. The van der Waals surface area contributed by atoms with Gasteiger partial charge in [0, 0.05) is 16.1 Å². The molecule has 0 aliphatic heterocycles. The summed E-state index contributed by atoms with van der Waals surface area (Å²) in [6, 6.07) is 10.8. The van der Waals surface area contributed by atoms with Gasteiger partial charge in [0.25, 0.3) is 0 Å². The molecule has 0 heterocycles. The number of alkyl halides is 3. The van der Waals surface area contributed by atoms with Crippen molar-refractivity contribution in [2.45, 2.75) is 57.5 Å². The van der Waals surface area contributed by atoms with E-state index in [1.807, 2.05) is 25.1 Å². The second kappa shape index (κ2) is 11.0. The zero-order valence-electron chi connectivity index (χ0n) is 17.7. The van der Waals surface area contributed by atoms with Crippen LogP contribution in [0.3, 0.4) is 0 Å². The Morgan fingerprint density at radius 1 is 0.967 bits per heavy atom. The summed E-state index contributed by atoms with van der Waals surface area (Å²) in [6.07, 6.45) is -0.354. The third-order valence-electron chi connectivity index (χ3n) is 5.11. The topological polar surface area (TPSA) is 18.5 Å². The van der Waals surface area contributed by atoms with Crippen LogP contribution in [-0.4, -0.2) is 12.4 Å². The molecule has 2 radical (unpaired) electrons. The average Bonchev–Trinajstić information content (AvgIpc) is 2.71. The molecule has 0 atom stereocenters. The Hall–Kier alpha value is -1.82. The van der Waals surface area contributed by atoms with Crippen molar-refractivity contribution in [3.8, 4) is 11.5 Å². The Balaban J connectivity index is 2.10. The van der Waals surface area contributed by atoms with Gasteiger partial charge in [-0.2, -0.15) is 13.2 Å². The zero-order valence-corrected chi connectivity index (χ0v) is 18.5. The molecular formula is C24H29F3O2S. The molecule has 6 heteroatoms. The van der Waals surface area contributed by atoms with E-state index in [9.17, 15) is 13.2 Å². The fraction of sp³-hybridized carbons (Fsp3) is 0.458. The van der Waals surface area contributed by atoms with Gasteiger partial charge in [0.05, 0.1) is 12.2 Å². The van der Waals surface area contributed by atoms with Crippen LogP contribution in [0.25, 0.3) is 0 Å². The molecule has 0 aliphatic carbocycles. The van der Waals surface area contributed by atoms with Crippen LogP contribution in [0.4, 0.5) is 13.2 Å². The molecule has 2 aromatic carbocycles. The predicted octanol–water partition coefficient (Wildman–Crippen LogP) is 7.82. The monoisotopic (exact) mass is 438 g/mol. The predicted molar refractivity (Wildman–Crippen MR) is 116 cm³/mol. The minimum atomic E-state index is -4.34. The summed E-state index contributed by atoms with van der Waals surface area (Å²) in [7, 11) is 5.27. The molecule has 2 nitrogen and oxygen atoms in total. The first-order chi connectivity index (χ1) is 14.2. The van der Waals surface area contributed by atoms with Crippen molar-refractivity contribution in [3.05, 3.63) is 60.7 Å². The molecule has 0 saturated heterocycles. The Kier molecular flexibility index (Phi) is 8.95. The summed E-state index contributed by atoms with van der Waals surface area (Å²) < 4.78 is 49.1. The molecule has 164 valence electrons. The van der Waals surface area contributed by atoms with Gasteiger partial charge in [0.1, 0.15) is 11.5 Å². The van der Waals surface area contributed by atoms with Crippen LogP contribution in [0.15, 0.2) is 47.4 Å². The highest BCUT2D eigenvalue weighted by atomic mass is 32.2. The van der Waals surface area contributed by atoms with Gasteiger partial charge in [0.15, 0.2) is 7.11 Å². The van der Waals surface area contributed by atoms with E-state index < -0.39 is 11.7 Å². The van der Waals surface area contributed by atoms with E-state index >= 15 is 0 Å². The lowest BCUT2D eigenvalue weighted by atomic mass is 9.82. The van der Waals surface area contributed by atoms with E-state index in [2.05, 4.69) is 13.8 Å². The van der Waals surface area contributed by atoms with Gasteiger partial charge in [-0.05, 0) is 67.8 Å². The summed E-state index contributed by atoms with van der Waals surface area (Å²) in [5.41, 5.74) is 0.243. The maximum Gasteiger partial charge on any atom is 0.416 e. The second-order valence-corrected chi connectivity index (χ2v) is 8.69. The zero-order chi connectivity index (χ0) is 22.2. The molecule has 2 aromatic rings. The molecule has 0 amide bonds. The fourth-order valence-corrected chi connectivity index (χ4v) is 4.84. The van der Waals surface area contributed by atoms with Crippen LogP contribution >= 0.6 is 11.8 Å². The van der Waals surface area contributed by atoms with Crippen molar-refractivity contribution < 1.29 is 22.6 Å². The van der Waals surface area contributed by atoms with Crippen LogP contribution in [0.2, 0.25) is 0 Å². The van der Waals surface area contributed by atoms with Crippen molar-refractivity contribution in [1.82, 2.24) is 0 Å². The van der Waals surface area contributed by atoms with E-state index in [0.29, 0.717) is 18.1 Å². The van der Waals surface area contributed by atoms with Crippen LogP contribution in [0, 0.1) is 19.4 Å². The van der Waals surface area contributed by atoms with E-state index in [0.717, 1.165) is 54.0 Å². The summed E-state index contributed by atoms with van der Waals surface area (Å²) >= 11 is 1.76. The van der Waals surface area contributed by atoms with Gasteiger partial charge in [-0.3, -0.25) is 0 Å². The van der Waals surface area contributed by atoms with E-state index in [-0.39, 0.29) is 5.41 Å². The molecule has 2 rings (SSSR count). The van der Waals surface area contributed by atoms with Crippen LogP contribution in [0.5, 0.6) is 11.5 Å². The largest absolute Gasteiger partial charge is 0.493 e. The number of hydrogen-bond acceptors (Lipinski definition) is 3. The van der Waals surface area contributed by atoms with E-state index in [1.54, 1.807) is 11.8 Å². The summed E-state index contributed by atoms with van der Waals surface area (Å²) in [5.74, 6) is 1.97. The van der Waals surface area contributed by atoms with E-state index in [4.69, 9.17) is 16.6 Å². The molecule has 0 aromatic heterocycles. The molecule has 0 spiro atoms. The van der Waals surface area contributed by atoms with Crippen LogP contribution < -0.4 is 9.47 Å². The number of aryl methyl sites for hydroxylation is 1. The first kappa shape index (κ1) is 24.4. The third-order valence-corrected chi connectivity index (χ3v) is 6.45. The van der Waals surface area contributed by atoms with Crippen molar-refractivity contribution in [2.24, 2.45) is 5.41 Å². The molecular weight excluding hydrogens is 409 g/mol. The van der Waals surface area contributed by atoms with Gasteiger partial charge in [0.2, 0.25) is 0 Å². The SMILES string of the molecule is [CH]Oc1ccc(SCC(CCC)(CCC)COc2ccc(C(F)(F)F)cc2)cc1C. The fourth-order valence-electron chi connectivity index (χ4n) is 3.57. The van der Waals surface area contributed by atoms with Crippen LogP contribution in [0.1, 0.15) is 50.7 Å². The molecule has 0 aliphatic rings. The molecule has 0 saturated carbocycles. The van der Waals surface area contributed by atoms with Gasteiger partial charge in [-0.1, -0.05) is 26.7 Å². The number of benzene rings is 2. The van der Waals surface area contributed by atoms with Gasteiger partial charge >= 0.3 is 6.18 Å². The molecule has 0 bridgehead atoms. The van der Waals surface area contributed by atoms with Crippen molar-refractivity contribution >= 4 is 11.8 Å². The first-order valence-corrected chi connectivity index (χ1v) is 11.1. The van der Waals surface area contributed by atoms with Crippen molar-refractivity contribution in [2.75, 3.05) is 12.4 Å². The summed E-state index contributed by atoms with van der Waals surface area (Å²) in [5, 5.41) is 0. The average molecular weight is 439 g/mol. The normalized spacial score (nSPS) is 12.1. The van der Waals surface area contributed by atoms with Gasteiger partial charge in [-0.15, -0.1) is 11.8 Å². The number of hydrogen-bond donors (Lipinski definition) is 0. The molecule has 30 heavy (non-hydrogen) atoms. The highest BCUT2D eigenvalue weighted by molar-refractivity contribution is 7.99. The highest BCUT2D eigenvalue weighted by Gasteiger charge is 2.31. The van der Waals surface area contributed by atoms with Crippen LogP contribution in [-0.2, 0) is 6.18 Å². The number of ether oxygens (including phenoxy) is 2. The third kappa shape index (κ3) is 6.86. The molecule has 0 N–H and O–H groups in total. The lowest BCUT2D eigenvalue weighted by Crippen LogP contribution is -2.31. The summed E-state index contributed by atoms with van der Waals surface area (Å²) in [4.78, 5) is 1.12. The number of thioether (sulfide) groups is 1. The molecule has 0 unspecified atom stereocenters. The summed E-state index contributed by atoms with van der Waals surface area (Å²) in [6.45, 7) is 6.71. The number of rotatable bonds is 11. The quantitative estimate of drug-likeness (QED) is 0.333. The molecule has 0 fully saturated rings. The Bertz CT molecular complexity index is 782. The first-order valence-electron chi connectivity index (χ1n) is 10.1. The van der Waals surface area contributed by atoms with Gasteiger partial charge < -0.3 is 9.47 Å². The smallest absolute Gasteiger partial charge is 0.416 e.